The highest BCUT2D eigenvalue weighted by Crippen LogP contribution is 1.85. The first-order chi connectivity index (χ1) is 8.58. The number of nitrogens with zero attached hydrogens (tertiary/aromatic N) is 3. The van der Waals surface area contributed by atoms with Crippen LogP contribution < -0.4 is 17.1 Å². The minimum atomic E-state index is -0.725. The van der Waals surface area contributed by atoms with Gasteiger partial charge in [0, 0.05) is 6.54 Å². The van der Waals surface area contributed by atoms with Crippen LogP contribution in [-0.4, -0.2) is 32.0 Å². The standard InChI is InChI=1S/C9H14IN3O5/c1-2-11-7(15)12(3-5-14)9(17)13(8(11)16)4-6-18-10/h14H,2-6H2,1H3. The van der Waals surface area contributed by atoms with Crippen molar-refractivity contribution in [3.63, 3.8) is 0 Å². The molecule has 0 amide bonds. The Hall–Kier alpha value is -0.940. The fourth-order valence-corrected chi connectivity index (χ4v) is 1.76. The number of aliphatic hydroxyl groups is 1. The quantitative estimate of drug-likeness (QED) is 0.618. The molecule has 8 nitrogen and oxygen atoms in total. The first-order valence-electron chi connectivity index (χ1n) is 5.37. The van der Waals surface area contributed by atoms with Gasteiger partial charge in [0.1, 0.15) is 23.0 Å². The lowest BCUT2D eigenvalue weighted by molar-refractivity contribution is 0.263. The SMILES string of the molecule is CCn1c(=O)n(CCO)c(=O)n(CCOI)c1=O. The molecule has 18 heavy (non-hydrogen) atoms. The fourth-order valence-electron chi connectivity index (χ4n) is 1.56. The van der Waals surface area contributed by atoms with Gasteiger partial charge in [0.15, 0.2) is 0 Å². The Morgan fingerprint density at radius 3 is 2.00 bits per heavy atom. The third-order valence-corrected chi connectivity index (χ3v) is 2.86. The summed E-state index contributed by atoms with van der Waals surface area (Å²) >= 11 is 1.65. The summed E-state index contributed by atoms with van der Waals surface area (Å²) in [6, 6.07) is 0. The van der Waals surface area contributed by atoms with E-state index >= 15 is 0 Å². The van der Waals surface area contributed by atoms with Crippen LogP contribution in [0.2, 0.25) is 0 Å². The molecule has 1 aromatic heterocycles. The molecule has 0 saturated heterocycles. The molecule has 0 bridgehead atoms. The molecule has 0 aromatic carbocycles. The van der Waals surface area contributed by atoms with Crippen molar-refractivity contribution in [2.75, 3.05) is 13.2 Å². The van der Waals surface area contributed by atoms with Crippen LogP contribution in [0.1, 0.15) is 6.92 Å². The highest BCUT2D eigenvalue weighted by atomic mass is 127. The van der Waals surface area contributed by atoms with Crippen molar-refractivity contribution < 1.29 is 8.17 Å². The van der Waals surface area contributed by atoms with Gasteiger partial charge < -0.3 is 8.17 Å². The second kappa shape index (κ2) is 6.85. The molecule has 0 aliphatic carbocycles. The highest BCUT2D eigenvalue weighted by molar-refractivity contribution is 14.1. The Morgan fingerprint density at radius 1 is 1.06 bits per heavy atom. The van der Waals surface area contributed by atoms with E-state index in [1.165, 1.54) is 0 Å². The van der Waals surface area contributed by atoms with E-state index in [1.807, 2.05) is 0 Å². The Labute approximate surface area is 116 Å². The number of hydrogen-bond acceptors (Lipinski definition) is 5. The summed E-state index contributed by atoms with van der Waals surface area (Å²) in [5.41, 5.74) is -2.08. The van der Waals surface area contributed by atoms with Crippen LogP contribution in [-0.2, 0) is 22.7 Å². The fraction of sp³-hybridized carbons (Fsp3) is 0.667. The smallest absolute Gasteiger partial charge is 0.336 e. The summed E-state index contributed by atoms with van der Waals surface area (Å²) in [6.45, 7) is 1.55. The van der Waals surface area contributed by atoms with Gasteiger partial charge in [-0.05, 0) is 6.92 Å². The third kappa shape index (κ3) is 2.90. The first-order valence-corrected chi connectivity index (χ1v) is 6.25. The van der Waals surface area contributed by atoms with Gasteiger partial charge in [-0.1, -0.05) is 0 Å². The van der Waals surface area contributed by atoms with Crippen molar-refractivity contribution in [1.82, 2.24) is 13.7 Å². The molecular formula is C9H14IN3O5. The van der Waals surface area contributed by atoms with Crippen LogP contribution in [0.3, 0.4) is 0 Å². The maximum Gasteiger partial charge on any atom is 0.336 e. The molecular weight excluding hydrogens is 357 g/mol. The Morgan fingerprint density at radius 2 is 1.56 bits per heavy atom. The number of aromatic nitrogens is 3. The van der Waals surface area contributed by atoms with E-state index in [2.05, 4.69) is 0 Å². The number of aliphatic hydroxyl groups excluding tert-OH is 1. The molecule has 0 radical (unpaired) electrons. The van der Waals surface area contributed by atoms with E-state index in [9.17, 15) is 14.4 Å². The molecule has 1 N–H and O–H groups in total. The summed E-state index contributed by atoms with van der Waals surface area (Å²) < 4.78 is 7.51. The average molecular weight is 371 g/mol. The van der Waals surface area contributed by atoms with Gasteiger partial charge in [0.2, 0.25) is 0 Å². The zero-order valence-corrected chi connectivity index (χ0v) is 12.0. The summed E-state index contributed by atoms with van der Waals surface area (Å²) in [6.07, 6.45) is 0. The van der Waals surface area contributed by atoms with E-state index in [0.29, 0.717) is 0 Å². The normalized spacial score (nSPS) is 10.8. The van der Waals surface area contributed by atoms with E-state index in [1.54, 1.807) is 29.9 Å². The number of halogens is 1. The van der Waals surface area contributed by atoms with Crippen LogP contribution >= 0.6 is 23.0 Å². The minimum Gasteiger partial charge on any atom is -0.395 e. The molecule has 0 fully saturated rings. The predicted molar refractivity (Wildman–Crippen MR) is 72.0 cm³/mol. The Balaban J connectivity index is 3.51. The molecule has 9 heteroatoms. The molecule has 1 heterocycles. The molecule has 0 aliphatic rings. The van der Waals surface area contributed by atoms with E-state index in [4.69, 9.17) is 8.17 Å². The van der Waals surface area contributed by atoms with Gasteiger partial charge in [0.25, 0.3) is 0 Å². The minimum absolute atomic E-state index is 0.0618. The van der Waals surface area contributed by atoms with Gasteiger partial charge in [-0.25, -0.2) is 28.1 Å². The zero-order chi connectivity index (χ0) is 13.7. The lowest BCUT2D eigenvalue weighted by atomic mass is 10.6. The highest BCUT2D eigenvalue weighted by Gasteiger charge is 2.13. The molecule has 0 spiro atoms. The summed E-state index contributed by atoms with van der Waals surface area (Å²) in [7, 11) is 0. The van der Waals surface area contributed by atoms with Gasteiger partial charge in [-0.2, -0.15) is 0 Å². The molecule has 102 valence electrons. The second-order valence-corrected chi connectivity index (χ2v) is 4.05. The van der Waals surface area contributed by atoms with Crippen molar-refractivity contribution in [3.05, 3.63) is 31.5 Å². The monoisotopic (exact) mass is 371 g/mol. The van der Waals surface area contributed by atoms with Crippen LogP contribution in [0.15, 0.2) is 14.4 Å². The zero-order valence-electron chi connectivity index (χ0n) is 9.84. The lowest BCUT2D eigenvalue weighted by Crippen LogP contribution is -2.55. The van der Waals surface area contributed by atoms with Crippen LogP contribution in [0, 0.1) is 0 Å². The average Bonchev–Trinajstić information content (AvgIpc) is 2.35. The maximum absolute atomic E-state index is 11.9. The van der Waals surface area contributed by atoms with Gasteiger partial charge in [-0.15, -0.1) is 0 Å². The molecule has 1 rings (SSSR count). The molecule has 0 unspecified atom stereocenters. The number of hydrogen-bond donors (Lipinski definition) is 1. The van der Waals surface area contributed by atoms with Crippen LogP contribution in [0.4, 0.5) is 0 Å². The third-order valence-electron chi connectivity index (χ3n) is 2.42. The van der Waals surface area contributed by atoms with Crippen molar-refractivity contribution >= 4 is 23.0 Å². The van der Waals surface area contributed by atoms with E-state index in [-0.39, 0.29) is 32.8 Å². The molecule has 1 aromatic rings. The van der Waals surface area contributed by atoms with Crippen molar-refractivity contribution in [2.45, 2.75) is 26.6 Å². The molecule has 0 saturated carbocycles. The van der Waals surface area contributed by atoms with Crippen LogP contribution in [0.25, 0.3) is 0 Å². The van der Waals surface area contributed by atoms with Crippen molar-refractivity contribution in [3.8, 4) is 0 Å². The first kappa shape index (κ1) is 15.1. The Kier molecular flexibility index (Phi) is 5.75. The van der Waals surface area contributed by atoms with E-state index < -0.39 is 17.1 Å². The van der Waals surface area contributed by atoms with Crippen molar-refractivity contribution in [1.29, 1.82) is 0 Å². The lowest BCUT2D eigenvalue weighted by Gasteiger charge is -2.11. The van der Waals surface area contributed by atoms with Gasteiger partial charge in [0.05, 0.1) is 26.3 Å². The predicted octanol–water partition coefficient (Wildman–Crippen LogP) is -1.45. The summed E-state index contributed by atoms with van der Waals surface area (Å²) in [4.78, 5) is 35.6. The molecule has 0 atom stereocenters. The van der Waals surface area contributed by atoms with Crippen LogP contribution in [0.5, 0.6) is 0 Å². The molecule has 0 aliphatic heterocycles. The summed E-state index contributed by atoms with van der Waals surface area (Å²) in [5, 5.41) is 8.85. The van der Waals surface area contributed by atoms with Crippen molar-refractivity contribution in [2.24, 2.45) is 0 Å². The maximum atomic E-state index is 11.9. The summed E-state index contributed by atoms with van der Waals surface area (Å²) in [5.74, 6) is 0. The van der Waals surface area contributed by atoms with Gasteiger partial charge in [-0.3, -0.25) is 0 Å². The Bertz CT molecular complexity index is 573. The van der Waals surface area contributed by atoms with Gasteiger partial charge >= 0.3 is 17.1 Å². The second-order valence-electron chi connectivity index (χ2n) is 3.43. The number of rotatable bonds is 6. The largest absolute Gasteiger partial charge is 0.395 e. The van der Waals surface area contributed by atoms with E-state index in [0.717, 1.165) is 13.7 Å². The topological polar surface area (TPSA) is 95.5 Å².